The molecule has 0 aromatic rings. The van der Waals surface area contributed by atoms with Crippen LogP contribution in [0.1, 0.15) is 33.1 Å². The number of methoxy groups -OCH3 is 1. The summed E-state index contributed by atoms with van der Waals surface area (Å²) in [7, 11) is 1.65. The predicted octanol–water partition coefficient (Wildman–Crippen LogP) is 0.999. The van der Waals surface area contributed by atoms with Crippen molar-refractivity contribution in [1.29, 1.82) is 0 Å². The molecule has 4 nitrogen and oxygen atoms in total. The van der Waals surface area contributed by atoms with Crippen molar-refractivity contribution in [3.05, 3.63) is 0 Å². The SMILES string of the molecule is CCC(C)N(CCOC)C(=O)CCCN. The third-order valence-electron chi connectivity index (χ3n) is 2.57. The summed E-state index contributed by atoms with van der Waals surface area (Å²) >= 11 is 0. The van der Waals surface area contributed by atoms with E-state index >= 15 is 0 Å². The molecular formula is C11H24N2O2. The number of carbonyl (C=O) groups excluding carboxylic acids is 1. The topological polar surface area (TPSA) is 55.6 Å². The average Bonchev–Trinajstić information content (AvgIpc) is 2.26. The van der Waals surface area contributed by atoms with Crippen LogP contribution in [-0.4, -0.2) is 43.7 Å². The number of nitrogens with zero attached hydrogens (tertiary/aromatic N) is 1. The largest absolute Gasteiger partial charge is 0.383 e. The molecule has 0 saturated carbocycles. The number of hydrogen-bond acceptors (Lipinski definition) is 3. The van der Waals surface area contributed by atoms with Crippen LogP contribution in [0, 0.1) is 0 Å². The van der Waals surface area contributed by atoms with Gasteiger partial charge < -0.3 is 15.4 Å². The maximum absolute atomic E-state index is 11.8. The molecule has 15 heavy (non-hydrogen) atoms. The molecule has 2 N–H and O–H groups in total. The van der Waals surface area contributed by atoms with E-state index in [9.17, 15) is 4.79 Å². The highest BCUT2D eigenvalue weighted by Gasteiger charge is 2.17. The Morgan fingerprint density at radius 3 is 2.67 bits per heavy atom. The monoisotopic (exact) mass is 216 g/mol. The molecule has 1 amide bonds. The van der Waals surface area contributed by atoms with Crippen molar-refractivity contribution >= 4 is 5.91 Å². The van der Waals surface area contributed by atoms with Gasteiger partial charge in [0.15, 0.2) is 0 Å². The molecule has 0 saturated heterocycles. The zero-order chi connectivity index (χ0) is 11.7. The Hall–Kier alpha value is -0.610. The van der Waals surface area contributed by atoms with E-state index in [1.165, 1.54) is 0 Å². The van der Waals surface area contributed by atoms with E-state index in [1.54, 1.807) is 7.11 Å². The van der Waals surface area contributed by atoms with E-state index < -0.39 is 0 Å². The Morgan fingerprint density at radius 1 is 1.53 bits per heavy atom. The number of rotatable bonds is 8. The molecule has 0 aliphatic carbocycles. The first-order valence-electron chi connectivity index (χ1n) is 5.65. The van der Waals surface area contributed by atoms with Gasteiger partial charge in [-0.1, -0.05) is 6.92 Å². The van der Waals surface area contributed by atoms with Gasteiger partial charge in [-0.15, -0.1) is 0 Å². The minimum atomic E-state index is 0.187. The molecule has 0 radical (unpaired) electrons. The van der Waals surface area contributed by atoms with E-state index in [-0.39, 0.29) is 11.9 Å². The van der Waals surface area contributed by atoms with Crippen LogP contribution in [0.5, 0.6) is 0 Å². The zero-order valence-corrected chi connectivity index (χ0v) is 10.2. The van der Waals surface area contributed by atoms with E-state index in [0.717, 1.165) is 12.8 Å². The van der Waals surface area contributed by atoms with Crippen LogP contribution in [0.4, 0.5) is 0 Å². The van der Waals surface area contributed by atoms with E-state index in [1.807, 2.05) is 4.90 Å². The zero-order valence-electron chi connectivity index (χ0n) is 10.2. The first-order valence-corrected chi connectivity index (χ1v) is 5.65. The molecule has 0 aliphatic rings. The summed E-state index contributed by atoms with van der Waals surface area (Å²) in [6.07, 6.45) is 2.28. The summed E-state index contributed by atoms with van der Waals surface area (Å²) in [5, 5.41) is 0. The third-order valence-corrected chi connectivity index (χ3v) is 2.57. The van der Waals surface area contributed by atoms with Gasteiger partial charge in [-0.05, 0) is 26.3 Å². The van der Waals surface area contributed by atoms with Gasteiger partial charge >= 0.3 is 0 Å². The molecule has 90 valence electrons. The quantitative estimate of drug-likeness (QED) is 0.658. The van der Waals surface area contributed by atoms with Crippen molar-refractivity contribution in [2.45, 2.75) is 39.2 Å². The molecule has 0 aromatic carbocycles. The molecule has 0 aliphatic heterocycles. The van der Waals surface area contributed by atoms with Crippen LogP contribution in [0.2, 0.25) is 0 Å². The Labute approximate surface area is 92.8 Å². The molecule has 1 unspecified atom stereocenters. The molecule has 0 bridgehead atoms. The van der Waals surface area contributed by atoms with Crippen LogP contribution in [-0.2, 0) is 9.53 Å². The van der Waals surface area contributed by atoms with Gasteiger partial charge in [0, 0.05) is 26.1 Å². The minimum absolute atomic E-state index is 0.187. The van der Waals surface area contributed by atoms with Crippen molar-refractivity contribution in [3.8, 4) is 0 Å². The third kappa shape index (κ3) is 5.74. The van der Waals surface area contributed by atoms with Crippen molar-refractivity contribution in [1.82, 2.24) is 4.90 Å². The summed E-state index contributed by atoms with van der Waals surface area (Å²) in [6, 6.07) is 0.283. The Balaban J connectivity index is 4.14. The molecule has 0 rings (SSSR count). The fourth-order valence-corrected chi connectivity index (χ4v) is 1.40. The lowest BCUT2D eigenvalue weighted by Crippen LogP contribution is -2.40. The first kappa shape index (κ1) is 14.4. The van der Waals surface area contributed by atoms with Crippen LogP contribution < -0.4 is 5.73 Å². The van der Waals surface area contributed by atoms with Crippen LogP contribution in [0.15, 0.2) is 0 Å². The second-order valence-electron chi connectivity index (χ2n) is 3.73. The Bertz CT molecular complexity index is 174. The predicted molar refractivity (Wildman–Crippen MR) is 61.6 cm³/mol. The lowest BCUT2D eigenvalue weighted by Gasteiger charge is -2.28. The van der Waals surface area contributed by atoms with Crippen molar-refractivity contribution < 1.29 is 9.53 Å². The standard InChI is InChI=1S/C11H24N2O2/c1-4-10(2)13(8-9-15-3)11(14)6-5-7-12/h10H,4-9,12H2,1-3H3. The van der Waals surface area contributed by atoms with Gasteiger partial charge in [-0.2, -0.15) is 0 Å². The highest BCUT2D eigenvalue weighted by atomic mass is 16.5. The molecule has 0 heterocycles. The smallest absolute Gasteiger partial charge is 0.222 e. The van der Waals surface area contributed by atoms with Crippen LogP contribution in [0.3, 0.4) is 0 Å². The normalized spacial score (nSPS) is 12.5. The highest BCUT2D eigenvalue weighted by molar-refractivity contribution is 5.76. The Kier molecular flexibility index (Phi) is 8.33. The van der Waals surface area contributed by atoms with E-state index in [0.29, 0.717) is 26.1 Å². The summed E-state index contributed by atoms with van der Waals surface area (Å²) in [5.41, 5.74) is 5.39. The molecule has 0 aromatic heterocycles. The fourth-order valence-electron chi connectivity index (χ4n) is 1.40. The number of carbonyl (C=O) groups is 1. The number of nitrogens with two attached hydrogens (primary N) is 1. The van der Waals surface area contributed by atoms with Crippen molar-refractivity contribution in [3.63, 3.8) is 0 Å². The van der Waals surface area contributed by atoms with Gasteiger partial charge in [0.25, 0.3) is 0 Å². The first-order chi connectivity index (χ1) is 7.17. The van der Waals surface area contributed by atoms with Gasteiger partial charge in [0.05, 0.1) is 6.61 Å². The van der Waals surface area contributed by atoms with Gasteiger partial charge in [-0.3, -0.25) is 4.79 Å². The van der Waals surface area contributed by atoms with Crippen LogP contribution >= 0.6 is 0 Å². The molecule has 0 spiro atoms. The highest BCUT2D eigenvalue weighted by Crippen LogP contribution is 2.06. The molecule has 0 fully saturated rings. The summed E-state index contributed by atoms with van der Waals surface area (Å²) in [6.45, 7) is 5.99. The fraction of sp³-hybridized carbons (Fsp3) is 0.909. The second kappa shape index (κ2) is 8.68. The summed E-state index contributed by atoms with van der Waals surface area (Å²) < 4.78 is 5.00. The van der Waals surface area contributed by atoms with Crippen molar-refractivity contribution in [2.75, 3.05) is 26.8 Å². The molecular weight excluding hydrogens is 192 g/mol. The second-order valence-corrected chi connectivity index (χ2v) is 3.73. The van der Waals surface area contributed by atoms with Gasteiger partial charge in [-0.25, -0.2) is 0 Å². The summed E-state index contributed by atoms with van der Waals surface area (Å²) in [5.74, 6) is 0.187. The minimum Gasteiger partial charge on any atom is -0.383 e. The molecule has 4 heteroatoms. The number of amides is 1. The maximum atomic E-state index is 11.8. The van der Waals surface area contributed by atoms with Crippen molar-refractivity contribution in [2.24, 2.45) is 5.73 Å². The van der Waals surface area contributed by atoms with E-state index in [2.05, 4.69) is 13.8 Å². The van der Waals surface area contributed by atoms with Gasteiger partial charge in [0.1, 0.15) is 0 Å². The number of ether oxygens (including phenoxy) is 1. The van der Waals surface area contributed by atoms with Gasteiger partial charge in [0.2, 0.25) is 5.91 Å². The summed E-state index contributed by atoms with van der Waals surface area (Å²) in [4.78, 5) is 13.7. The lowest BCUT2D eigenvalue weighted by molar-refractivity contribution is -0.134. The number of hydrogen-bond donors (Lipinski definition) is 1. The van der Waals surface area contributed by atoms with E-state index in [4.69, 9.17) is 10.5 Å². The Morgan fingerprint density at radius 2 is 2.20 bits per heavy atom. The molecule has 1 atom stereocenters. The van der Waals surface area contributed by atoms with Crippen LogP contribution in [0.25, 0.3) is 0 Å². The average molecular weight is 216 g/mol. The maximum Gasteiger partial charge on any atom is 0.222 e. The lowest BCUT2D eigenvalue weighted by atomic mass is 10.2.